The van der Waals surface area contributed by atoms with E-state index in [4.69, 9.17) is 0 Å². The van der Waals surface area contributed by atoms with Gasteiger partial charge in [0.15, 0.2) is 0 Å². The summed E-state index contributed by atoms with van der Waals surface area (Å²) in [5.74, 6) is -1.26. The quantitative estimate of drug-likeness (QED) is 0.596. The zero-order valence-corrected chi connectivity index (χ0v) is 8.79. The summed E-state index contributed by atoms with van der Waals surface area (Å²) in [6.07, 6.45) is 1.61. The predicted molar refractivity (Wildman–Crippen MR) is 57.6 cm³/mol. The largest absolute Gasteiger partial charge is 0.465 e. The molecular weight excluding hydrogens is 217 g/mol. The molecule has 5 heteroatoms. The topological polar surface area (TPSA) is 31.2 Å². The molecule has 0 aliphatic carbocycles. The first-order valence-corrected chi connectivity index (χ1v) is 4.62. The van der Waals surface area contributed by atoms with E-state index in [-0.39, 0.29) is 5.56 Å². The Hall–Kier alpha value is -1.49. The number of ether oxygens (including phenoxy) is 1. The van der Waals surface area contributed by atoms with Crippen LogP contribution >= 0.6 is 12.8 Å². The maximum atomic E-state index is 13.8. The molecule has 0 radical (unpaired) electrons. The number of carbonyl (C=O) groups excluding carboxylic acids is 1. The van der Waals surface area contributed by atoms with Crippen molar-refractivity contribution in [3.8, 4) is 0 Å². The molecule has 0 saturated heterocycles. The fourth-order valence-corrected chi connectivity index (χ4v) is 1.68. The van der Waals surface area contributed by atoms with Crippen LogP contribution in [-0.4, -0.2) is 17.1 Å². The lowest BCUT2D eigenvalue weighted by atomic mass is 10.1. The van der Waals surface area contributed by atoms with Crippen molar-refractivity contribution in [1.82, 2.24) is 3.97 Å². The van der Waals surface area contributed by atoms with E-state index < -0.39 is 11.8 Å². The van der Waals surface area contributed by atoms with Crippen LogP contribution < -0.4 is 0 Å². The van der Waals surface area contributed by atoms with Crippen LogP contribution in [0.25, 0.3) is 10.9 Å². The Balaban J connectivity index is 2.71. The van der Waals surface area contributed by atoms with E-state index in [1.807, 2.05) is 0 Å². The number of halogens is 1. The van der Waals surface area contributed by atoms with Gasteiger partial charge in [-0.25, -0.2) is 9.18 Å². The second-order valence-corrected chi connectivity index (χ2v) is 3.44. The third-order valence-corrected chi connectivity index (χ3v) is 2.54. The number of rotatable bonds is 1. The molecule has 1 heterocycles. The Morgan fingerprint density at radius 2 is 2.20 bits per heavy atom. The smallest absolute Gasteiger partial charge is 0.340 e. The normalized spacial score (nSPS) is 10.6. The van der Waals surface area contributed by atoms with E-state index in [9.17, 15) is 9.18 Å². The molecule has 0 atom stereocenters. The van der Waals surface area contributed by atoms with Gasteiger partial charge in [-0.3, -0.25) is 3.97 Å². The summed E-state index contributed by atoms with van der Waals surface area (Å²) < 4.78 is 19.7. The van der Waals surface area contributed by atoms with Gasteiger partial charge < -0.3 is 4.74 Å². The molecule has 15 heavy (non-hydrogen) atoms. The van der Waals surface area contributed by atoms with E-state index in [2.05, 4.69) is 17.6 Å². The summed E-state index contributed by atoms with van der Waals surface area (Å²) in [5.41, 5.74) is 0.549. The van der Waals surface area contributed by atoms with E-state index in [0.29, 0.717) is 10.9 Å². The molecule has 0 bridgehead atoms. The van der Waals surface area contributed by atoms with Gasteiger partial charge in [-0.15, -0.1) is 0 Å². The molecule has 2 rings (SSSR count). The molecule has 3 nitrogen and oxygen atoms in total. The molecule has 0 aliphatic rings. The lowest BCUT2D eigenvalue weighted by Crippen LogP contribution is -2.04. The van der Waals surface area contributed by atoms with Gasteiger partial charge in [-0.1, -0.05) is 12.8 Å². The second-order valence-electron chi connectivity index (χ2n) is 3.01. The third-order valence-electron chi connectivity index (χ3n) is 2.19. The van der Waals surface area contributed by atoms with Crippen molar-refractivity contribution in [1.29, 1.82) is 0 Å². The number of aromatic nitrogens is 1. The Morgan fingerprint density at radius 3 is 2.87 bits per heavy atom. The molecule has 2 aromatic rings. The number of nitrogens with zero attached hydrogens (tertiary/aromatic N) is 1. The van der Waals surface area contributed by atoms with Crippen LogP contribution in [0, 0.1) is 5.82 Å². The van der Waals surface area contributed by atoms with Gasteiger partial charge in [0.1, 0.15) is 5.82 Å². The number of hydrogen-bond donors (Lipinski definition) is 1. The molecule has 0 spiro atoms. The third kappa shape index (κ3) is 1.48. The van der Waals surface area contributed by atoms with Crippen LogP contribution in [0.4, 0.5) is 4.39 Å². The van der Waals surface area contributed by atoms with Crippen LogP contribution in [0.5, 0.6) is 0 Å². The fraction of sp³-hybridized carbons (Fsp3) is 0.100. The Bertz CT molecular complexity index is 535. The van der Waals surface area contributed by atoms with Crippen molar-refractivity contribution in [2.75, 3.05) is 7.11 Å². The molecule has 1 aromatic carbocycles. The fourth-order valence-electron chi connectivity index (χ4n) is 1.43. The standard InChI is InChI=1S/C10H8FNO2S/c1-14-10(13)7-2-3-8-6(9(7)11)4-5-12(8)15/h2-5,15H,1H3. The number of fused-ring (bicyclic) bond motifs is 1. The zero-order chi connectivity index (χ0) is 11.0. The minimum absolute atomic E-state index is 0.0652. The van der Waals surface area contributed by atoms with Crippen molar-refractivity contribution in [2.24, 2.45) is 0 Å². The maximum Gasteiger partial charge on any atom is 0.340 e. The zero-order valence-electron chi connectivity index (χ0n) is 7.90. The monoisotopic (exact) mass is 225 g/mol. The van der Waals surface area contributed by atoms with E-state index in [1.54, 1.807) is 18.3 Å². The van der Waals surface area contributed by atoms with Gasteiger partial charge in [0.2, 0.25) is 0 Å². The molecule has 0 N–H and O–H groups in total. The van der Waals surface area contributed by atoms with Crippen molar-refractivity contribution < 1.29 is 13.9 Å². The van der Waals surface area contributed by atoms with Gasteiger partial charge in [-0.05, 0) is 18.2 Å². The Morgan fingerprint density at radius 1 is 1.47 bits per heavy atom. The molecule has 0 unspecified atom stereocenters. The SMILES string of the molecule is COC(=O)c1ccc2c(ccn2S)c1F. The lowest BCUT2D eigenvalue weighted by Gasteiger charge is -2.02. The summed E-state index contributed by atoms with van der Waals surface area (Å²) in [4.78, 5) is 11.2. The molecule has 0 aliphatic heterocycles. The number of esters is 1. The van der Waals surface area contributed by atoms with Gasteiger partial charge in [-0.2, -0.15) is 0 Å². The number of benzene rings is 1. The number of carbonyl (C=O) groups is 1. The van der Waals surface area contributed by atoms with E-state index >= 15 is 0 Å². The molecule has 0 fully saturated rings. The second kappa shape index (κ2) is 3.58. The number of hydrogen-bond acceptors (Lipinski definition) is 3. The average molecular weight is 225 g/mol. The summed E-state index contributed by atoms with van der Waals surface area (Å²) in [7, 11) is 1.22. The highest BCUT2D eigenvalue weighted by molar-refractivity contribution is 7.78. The first-order chi connectivity index (χ1) is 7.15. The van der Waals surface area contributed by atoms with Crippen LogP contribution in [0.3, 0.4) is 0 Å². The first kappa shape index (κ1) is 10.0. The maximum absolute atomic E-state index is 13.8. The number of methoxy groups -OCH3 is 1. The van der Waals surface area contributed by atoms with Gasteiger partial charge in [0.05, 0.1) is 18.2 Å². The molecule has 0 saturated carbocycles. The summed E-state index contributed by atoms with van der Waals surface area (Å²) in [5, 5.41) is 0.355. The predicted octanol–water partition coefficient (Wildman–Crippen LogP) is 2.26. The van der Waals surface area contributed by atoms with Crippen molar-refractivity contribution >= 4 is 29.7 Å². The van der Waals surface area contributed by atoms with Crippen LogP contribution in [0.1, 0.15) is 10.4 Å². The molecule has 0 amide bonds. The highest BCUT2D eigenvalue weighted by Gasteiger charge is 2.15. The lowest BCUT2D eigenvalue weighted by molar-refractivity contribution is 0.0596. The minimum Gasteiger partial charge on any atom is -0.465 e. The first-order valence-electron chi connectivity index (χ1n) is 4.22. The van der Waals surface area contributed by atoms with Crippen LogP contribution in [0.15, 0.2) is 24.4 Å². The molecule has 78 valence electrons. The van der Waals surface area contributed by atoms with E-state index in [1.165, 1.54) is 17.1 Å². The van der Waals surface area contributed by atoms with Crippen molar-refractivity contribution in [2.45, 2.75) is 0 Å². The number of thiol groups is 1. The summed E-state index contributed by atoms with van der Waals surface area (Å²) in [6, 6.07) is 4.57. The Kier molecular flexibility index (Phi) is 2.40. The molecule has 1 aromatic heterocycles. The molecular formula is C10H8FNO2S. The van der Waals surface area contributed by atoms with Crippen LogP contribution in [0.2, 0.25) is 0 Å². The van der Waals surface area contributed by atoms with Gasteiger partial charge >= 0.3 is 5.97 Å². The highest BCUT2D eigenvalue weighted by Crippen LogP contribution is 2.23. The Labute approximate surface area is 91.0 Å². The highest BCUT2D eigenvalue weighted by atomic mass is 32.1. The average Bonchev–Trinajstić information content (AvgIpc) is 2.61. The van der Waals surface area contributed by atoms with Crippen LogP contribution in [-0.2, 0) is 4.74 Å². The van der Waals surface area contributed by atoms with Crippen molar-refractivity contribution in [3.63, 3.8) is 0 Å². The van der Waals surface area contributed by atoms with E-state index in [0.717, 1.165) is 0 Å². The van der Waals surface area contributed by atoms with Gasteiger partial charge in [0.25, 0.3) is 0 Å². The summed E-state index contributed by atoms with van der Waals surface area (Å²) in [6.45, 7) is 0. The van der Waals surface area contributed by atoms with Crippen molar-refractivity contribution in [3.05, 3.63) is 35.8 Å². The van der Waals surface area contributed by atoms with Gasteiger partial charge in [0, 0.05) is 11.6 Å². The summed E-state index contributed by atoms with van der Waals surface area (Å²) >= 11 is 4.09. The minimum atomic E-state index is -0.679.